The monoisotopic (exact) mass is 219 g/mol. The van der Waals surface area contributed by atoms with Gasteiger partial charge in [-0.2, -0.15) is 0 Å². The summed E-state index contributed by atoms with van der Waals surface area (Å²) in [5.74, 6) is 1.09. The van der Waals surface area contributed by atoms with E-state index in [2.05, 4.69) is 12.2 Å². The fourth-order valence-corrected chi connectivity index (χ4v) is 2.23. The molecule has 15 heavy (non-hydrogen) atoms. The van der Waals surface area contributed by atoms with Gasteiger partial charge in [-0.1, -0.05) is 25.1 Å². The number of amides is 1. The van der Waals surface area contributed by atoms with Gasteiger partial charge in [-0.3, -0.25) is 4.79 Å². The summed E-state index contributed by atoms with van der Waals surface area (Å²) in [6.45, 7) is 2.15. The fraction of sp³-hybridized carbons (Fsp3) is 0.250. The van der Waals surface area contributed by atoms with E-state index < -0.39 is 0 Å². The van der Waals surface area contributed by atoms with Crippen LogP contribution in [0.4, 0.5) is 0 Å². The van der Waals surface area contributed by atoms with Gasteiger partial charge >= 0.3 is 0 Å². The van der Waals surface area contributed by atoms with E-state index in [0.717, 1.165) is 29.0 Å². The number of hydrogen-bond donors (Lipinski definition) is 1. The van der Waals surface area contributed by atoms with Crippen LogP contribution in [0.3, 0.4) is 0 Å². The molecule has 1 aromatic rings. The number of carbonyl (C=O) groups is 1. The van der Waals surface area contributed by atoms with Crippen molar-refractivity contribution in [1.82, 2.24) is 5.32 Å². The largest absolute Gasteiger partial charge is 0.321 e. The highest BCUT2D eigenvalue weighted by molar-refractivity contribution is 8.02. The van der Waals surface area contributed by atoms with E-state index in [0.29, 0.717) is 0 Å². The van der Waals surface area contributed by atoms with Gasteiger partial charge in [-0.05, 0) is 23.6 Å². The molecule has 3 heteroatoms. The molecule has 1 heterocycles. The van der Waals surface area contributed by atoms with Crippen molar-refractivity contribution in [2.24, 2.45) is 0 Å². The van der Waals surface area contributed by atoms with Gasteiger partial charge in [0, 0.05) is 11.1 Å². The third kappa shape index (κ3) is 2.07. The molecular formula is C12H13NOS. The van der Waals surface area contributed by atoms with Crippen molar-refractivity contribution in [2.45, 2.75) is 13.3 Å². The van der Waals surface area contributed by atoms with Crippen molar-refractivity contribution < 1.29 is 4.79 Å². The van der Waals surface area contributed by atoms with Crippen molar-refractivity contribution in [3.63, 3.8) is 0 Å². The molecule has 1 amide bonds. The van der Waals surface area contributed by atoms with Crippen LogP contribution in [-0.2, 0) is 0 Å². The lowest BCUT2D eigenvalue weighted by molar-refractivity contribution is 0.0981. The number of rotatable bonds is 3. The van der Waals surface area contributed by atoms with Gasteiger partial charge in [0.2, 0.25) is 0 Å². The molecule has 1 aliphatic rings. The maximum absolute atomic E-state index is 11.5. The maximum atomic E-state index is 11.5. The highest BCUT2D eigenvalue weighted by atomic mass is 32.2. The van der Waals surface area contributed by atoms with Gasteiger partial charge in [0.1, 0.15) is 0 Å². The summed E-state index contributed by atoms with van der Waals surface area (Å²) in [6.07, 6.45) is 1.14. The zero-order chi connectivity index (χ0) is 10.7. The summed E-state index contributed by atoms with van der Waals surface area (Å²) in [4.78, 5) is 11.5. The molecule has 2 nitrogen and oxygen atoms in total. The van der Waals surface area contributed by atoms with Gasteiger partial charge < -0.3 is 5.32 Å². The molecule has 0 bridgehead atoms. The Labute approximate surface area is 93.8 Å². The first-order valence-corrected chi connectivity index (χ1v) is 6.10. The first-order chi connectivity index (χ1) is 7.33. The average Bonchev–Trinajstić information content (AvgIpc) is 2.58. The molecule has 0 aromatic heterocycles. The van der Waals surface area contributed by atoms with Crippen LogP contribution in [0.5, 0.6) is 0 Å². The van der Waals surface area contributed by atoms with Crippen LogP contribution in [0.1, 0.15) is 29.3 Å². The molecule has 0 spiro atoms. The summed E-state index contributed by atoms with van der Waals surface area (Å²) in [5, 5.41) is 4.91. The lowest BCUT2D eigenvalue weighted by Gasteiger charge is -1.98. The Bertz CT molecular complexity index is 412. The molecule has 0 atom stereocenters. The van der Waals surface area contributed by atoms with Crippen molar-refractivity contribution in [2.75, 3.05) is 5.75 Å². The van der Waals surface area contributed by atoms with Crippen LogP contribution >= 0.6 is 11.8 Å². The Hall–Kier alpha value is -1.22. The van der Waals surface area contributed by atoms with Crippen LogP contribution < -0.4 is 5.32 Å². The Morgan fingerprint density at radius 1 is 1.33 bits per heavy atom. The maximum Gasteiger partial charge on any atom is 0.256 e. The minimum atomic E-state index is 0.00829. The first kappa shape index (κ1) is 10.3. The van der Waals surface area contributed by atoms with Crippen molar-refractivity contribution in [1.29, 1.82) is 0 Å². The van der Waals surface area contributed by atoms with E-state index in [1.807, 2.05) is 29.7 Å². The molecular weight excluding hydrogens is 206 g/mol. The smallest absolute Gasteiger partial charge is 0.256 e. The Balaban J connectivity index is 2.24. The Kier molecular flexibility index (Phi) is 3.11. The third-order valence-electron chi connectivity index (χ3n) is 2.23. The van der Waals surface area contributed by atoms with Crippen LogP contribution in [0.2, 0.25) is 0 Å². The summed E-state index contributed by atoms with van der Waals surface area (Å²) < 4.78 is 0. The van der Waals surface area contributed by atoms with Gasteiger partial charge in [0.05, 0.1) is 5.70 Å². The second kappa shape index (κ2) is 4.53. The fourth-order valence-electron chi connectivity index (χ4n) is 1.53. The molecule has 1 aromatic carbocycles. The molecule has 0 saturated carbocycles. The number of hydrogen-bond acceptors (Lipinski definition) is 2. The molecule has 0 fully saturated rings. The molecule has 78 valence electrons. The van der Waals surface area contributed by atoms with E-state index >= 15 is 0 Å². The zero-order valence-electron chi connectivity index (χ0n) is 8.62. The predicted octanol–water partition coefficient (Wildman–Crippen LogP) is 2.87. The zero-order valence-corrected chi connectivity index (χ0v) is 9.43. The van der Waals surface area contributed by atoms with E-state index in [1.54, 1.807) is 11.8 Å². The van der Waals surface area contributed by atoms with Crippen LogP contribution in [0, 0.1) is 0 Å². The molecule has 0 aliphatic carbocycles. The van der Waals surface area contributed by atoms with Crippen LogP contribution in [0.15, 0.2) is 29.7 Å². The quantitative estimate of drug-likeness (QED) is 0.792. The molecule has 1 aliphatic heterocycles. The summed E-state index contributed by atoms with van der Waals surface area (Å²) in [7, 11) is 0. The van der Waals surface area contributed by atoms with Gasteiger partial charge in [-0.25, -0.2) is 0 Å². The number of benzene rings is 1. The van der Waals surface area contributed by atoms with Gasteiger partial charge in [0.15, 0.2) is 0 Å². The van der Waals surface area contributed by atoms with Crippen LogP contribution in [0.25, 0.3) is 5.70 Å². The van der Waals surface area contributed by atoms with Gasteiger partial charge in [0.25, 0.3) is 5.91 Å². The third-order valence-corrected chi connectivity index (χ3v) is 3.28. The van der Waals surface area contributed by atoms with E-state index in [1.165, 1.54) is 0 Å². The lowest BCUT2D eigenvalue weighted by Crippen LogP contribution is -2.11. The summed E-state index contributed by atoms with van der Waals surface area (Å²) in [5.41, 5.74) is 2.74. The number of thioether (sulfide) groups is 1. The van der Waals surface area contributed by atoms with E-state index in [9.17, 15) is 4.79 Å². The second-order valence-electron chi connectivity index (χ2n) is 3.40. The highest BCUT2D eigenvalue weighted by Gasteiger charge is 2.22. The average molecular weight is 219 g/mol. The standard InChI is InChI=1S/C12H13NOS/c1-2-7-15-8-11-9-5-3-4-6-10(9)12(14)13-11/h3-6,8H,2,7H2,1H3,(H,13,14)/b11-8+. The van der Waals surface area contributed by atoms with Gasteiger partial charge in [-0.15, -0.1) is 11.8 Å². The molecule has 0 radical (unpaired) electrons. The molecule has 0 saturated heterocycles. The minimum Gasteiger partial charge on any atom is -0.321 e. The number of carbonyl (C=O) groups excluding carboxylic acids is 1. The minimum absolute atomic E-state index is 0.00829. The Morgan fingerprint density at radius 2 is 2.07 bits per heavy atom. The van der Waals surface area contributed by atoms with Crippen molar-refractivity contribution in [3.05, 3.63) is 40.8 Å². The summed E-state index contributed by atoms with van der Waals surface area (Å²) in [6, 6.07) is 7.68. The topological polar surface area (TPSA) is 29.1 Å². The number of nitrogens with one attached hydrogen (secondary N) is 1. The number of fused-ring (bicyclic) bond motifs is 1. The van der Waals surface area contributed by atoms with Crippen molar-refractivity contribution in [3.8, 4) is 0 Å². The molecule has 1 N–H and O–H groups in total. The first-order valence-electron chi connectivity index (χ1n) is 5.05. The normalized spacial score (nSPS) is 16.6. The van der Waals surface area contributed by atoms with Crippen molar-refractivity contribution >= 4 is 23.4 Å². The highest BCUT2D eigenvalue weighted by Crippen LogP contribution is 2.26. The van der Waals surface area contributed by atoms with E-state index in [-0.39, 0.29) is 5.91 Å². The summed E-state index contributed by atoms with van der Waals surface area (Å²) >= 11 is 1.74. The molecule has 2 rings (SSSR count). The van der Waals surface area contributed by atoms with Crippen LogP contribution in [-0.4, -0.2) is 11.7 Å². The van der Waals surface area contributed by atoms with E-state index in [4.69, 9.17) is 0 Å². The molecule has 0 unspecified atom stereocenters. The Morgan fingerprint density at radius 3 is 2.80 bits per heavy atom. The SMILES string of the molecule is CCCS/C=C1/NC(=O)c2ccccc21. The second-order valence-corrected chi connectivity index (χ2v) is 4.38. The lowest BCUT2D eigenvalue weighted by atomic mass is 10.1. The predicted molar refractivity (Wildman–Crippen MR) is 64.6 cm³/mol.